The molecule has 1 aliphatic carbocycles. The molecule has 0 aromatic heterocycles. The van der Waals surface area contributed by atoms with Gasteiger partial charge in [0.25, 0.3) is 0 Å². The van der Waals surface area contributed by atoms with Gasteiger partial charge in [-0.05, 0) is 44.9 Å². The maximum atomic E-state index is 12.7. The number of alkyl halides is 2. The molecule has 4 aliphatic rings. The van der Waals surface area contributed by atoms with Crippen molar-refractivity contribution in [1.82, 2.24) is 21.2 Å². The molecule has 0 aromatic rings. The molecule has 1 saturated carbocycles. The maximum Gasteiger partial charge on any atom is 0.239 e. The fourth-order valence-corrected chi connectivity index (χ4v) is 5.43. The number of hydrazine groups is 1. The molecule has 3 N–H and O–H groups in total. The molecular formula is C19H32Cl2N4O3. The van der Waals surface area contributed by atoms with Crippen LogP contribution in [0.2, 0.25) is 0 Å². The molecule has 0 aromatic carbocycles. The quantitative estimate of drug-likeness (QED) is 0.569. The molecule has 0 spiro atoms. The number of amides is 1. The molecule has 4 rings (SSSR count). The zero-order valence-corrected chi connectivity index (χ0v) is 17.9. The van der Waals surface area contributed by atoms with Crippen LogP contribution in [0.3, 0.4) is 0 Å². The van der Waals surface area contributed by atoms with Gasteiger partial charge in [0.1, 0.15) is 12.1 Å². The zero-order chi connectivity index (χ0) is 19.7. The second kappa shape index (κ2) is 9.33. The fraction of sp³-hybridized carbons (Fsp3) is 0.947. The Morgan fingerprint density at radius 2 is 2.04 bits per heavy atom. The Morgan fingerprint density at radius 1 is 1.18 bits per heavy atom. The number of halogens is 2. The van der Waals surface area contributed by atoms with Crippen LogP contribution in [0.25, 0.3) is 0 Å². The number of hydroxylamine groups is 1. The van der Waals surface area contributed by atoms with E-state index in [0.29, 0.717) is 12.3 Å². The Morgan fingerprint density at radius 3 is 2.79 bits per heavy atom. The fourth-order valence-electron chi connectivity index (χ4n) is 4.83. The van der Waals surface area contributed by atoms with Gasteiger partial charge in [0.15, 0.2) is 0 Å². The molecule has 3 saturated heterocycles. The first-order valence-electron chi connectivity index (χ1n) is 10.6. The van der Waals surface area contributed by atoms with Crippen LogP contribution < -0.4 is 16.2 Å². The highest BCUT2D eigenvalue weighted by molar-refractivity contribution is 6.30. The lowest BCUT2D eigenvalue weighted by atomic mass is 9.88. The van der Waals surface area contributed by atoms with Crippen LogP contribution in [0, 0.1) is 5.92 Å². The molecule has 3 aliphatic heterocycles. The molecule has 8 atom stereocenters. The SMILES string of the molecule is CC1NN(CC2CCC(Cl)C(Cl)C2)CC1NC(=O)C1CC(C2CCCO2)ON1. The highest BCUT2D eigenvalue weighted by atomic mass is 35.5. The minimum absolute atomic E-state index is 0.00414. The largest absolute Gasteiger partial charge is 0.375 e. The highest BCUT2D eigenvalue weighted by Gasteiger charge is 2.40. The summed E-state index contributed by atoms with van der Waals surface area (Å²) < 4.78 is 5.68. The maximum absolute atomic E-state index is 12.7. The number of nitrogens with zero attached hydrogens (tertiary/aromatic N) is 1. The lowest BCUT2D eigenvalue weighted by Gasteiger charge is -2.31. The third kappa shape index (κ3) is 4.94. The third-order valence-corrected chi connectivity index (χ3v) is 7.67. The summed E-state index contributed by atoms with van der Waals surface area (Å²) in [6, 6.07) is -0.0462. The van der Waals surface area contributed by atoms with Crippen LogP contribution in [0.5, 0.6) is 0 Å². The van der Waals surface area contributed by atoms with E-state index in [4.69, 9.17) is 32.8 Å². The smallest absolute Gasteiger partial charge is 0.239 e. The molecule has 3 heterocycles. The predicted octanol–water partition coefficient (Wildman–Crippen LogP) is 1.54. The average molecular weight is 435 g/mol. The Labute approximate surface area is 177 Å². The Kier molecular flexibility index (Phi) is 7.03. The van der Waals surface area contributed by atoms with E-state index < -0.39 is 0 Å². The summed E-state index contributed by atoms with van der Waals surface area (Å²) in [6.07, 6.45) is 5.85. The van der Waals surface area contributed by atoms with Crippen molar-refractivity contribution in [2.75, 3.05) is 19.7 Å². The molecule has 8 unspecified atom stereocenters. The summed E-state index contributed by atoms with van der Waals surface area (Å²) in [5.41, 5.74) is 6.40. The van der Waals surface area contributed by atoms with E-state index in [-0.39, 0.29) is 47.0 Å². The van der Waals surface area contributed by atoms with Crippen LogP contribution in [0.4, 0.5) is 0 Å². The van der Waals surface area contributed by atoms with E-state index in [1.165, 1.54) is 0 Å². The molecule has 4 fully saturated rings. The van der Waals surface area contributed by atoms with Crippen molar-refractivity contribution in [3.63, 3.8) is 0 Å². The first kappa shape index (κ1) is 21.1. The van der Waals surface area contributed by atoms with Gasteiger partial charge in [-0.1, -0.05) is 0 Å². The van der Waals surface area contributed by atoms with Crippen molar-refractivity contribution in [3.05, 3.63) is 0 Å². The number of hydrogen-bond donors (Lipinski definition) is 3. The van der Waals surface area contributed by atoms with Crippen molar-refractivity contribution in [1.29, 1.82) is 0 Å². The molecule has 0 radical (unpaired) electrons. The number of carbonyl (C=O) groups is 1. The lowest BCUT2D eigenvalue weighted by Crippen LogP contribution is -2.49. The van der Waals surface area contributed by atoms with Gasteiger partial charge in [-0.15, -0.1) is 23.2 Å². The van der Waals surface area contributed by atoms with Gasteiger partial charge >= 0.3 is 0 Å². The number of rotatable bonds is 5. The van der Waals surface area contributed by atoms with Crippen molar-refractivity contribution in [2.45, 2.75) is 86.5 Å². The average Bonchev–Trinajstić information content (AvgIpc) is 3.40. The molecule has 1 amide bonds. The van der Waals surface area contributed by atoms with E-state index in [1.54, 1.807) is 0 Å². The molecule has 7 nitrogen and oxygen atoms in total. The summed E-state index contributed by atoms with van der Waals surface area (Å²) in [5, 5.41) is 5.57. The zero-order valence-electron chi connectivity index (χ0n) is 16.4. The van der Waals surface area contributed by atoms with Gasteiger partial charge in [-0.25, -0.2) is 5.01 Å². The second-order valence-corrected chi connectivity index (χ2v) is 9.88. The van der Waals surface area contributed by atoms with Crippen molar-refractivity contribution >= 4 is 29.1 Å². The van der Waals surface area contributed by atoms with Crippen LogP contribution in [0.15, 0.2) is 0 Å². The van der Waals surface area contributed by atoms with Crippen LogP contribution in [-0.2, 0) is 14.4 Å². The van der Waals surface area contributed by atoms with E-state index in [9.17, 15) is 4.79 Å². The van der Waals surface area contributed by atoms with Gasteiger partial charge < -0.3 is 10.1 Å². The minimum Gasteiger partial charge on any atom is -0.375 e. The summed E-state index contributed by atoms with van der Waals surface area (Å²) in [5.74, 6) is 0.549. The Bertz CT molecular complexity index is 551. The summed E-state index contributed by atoms with van der Waals surface area (Å²) in [4.78, 5) is 18.3. The summed E-state index contributed by atoms with van der Waals surface area (Å²) >= 11 is 12.6. The van der Waals surface area contributed by atoms with Gasteiger partial charge in [0.2, 0.25) is 5.91 Å². The first-order valence-corrected chi connectivity index (χ1v) is 11.5. The summed E-state index contributed by atoms with van der Waals surface area (Å²) in [7, 11) is 0. The molecule has 160 valence electrons. The van der Waals surface area contributed by atoms with E-state index in [2.05, 4.69) is 28.2 Å². The third-order valence-electron chi connectivity index (χ3n) is 6.54. The lowest BCUT2D eigenvalue weighted by molar-refractivity contribution is -0.125. The molecule has 28 heavy (non-hydrogen) atoms. The monoisotopic (exact) mass is 434 g/mol. The van der Waals surface area contributed by atoms with Gasteiger partial charge in [0.05, 0.1) is 17.5 Å². The number of ether oxygens (including phenoxy) is 1. The Balaban J connectivity index is 1.22. The molecule has 0 bridgehead atoms. The first-order chi connectivity index (χ1) is 13.5. The summed E-state index contributed by atoms with van der Waals surface area (Å²) in [6.45, 7) is 4.64. The number of hydrogen-bond acceptors (Lipinski definition) is 6. The van der Waals surface area contributed by atoms with Crippen molar-refractivity contribution in [2.24, 2.45) is 5.92 Å². The number of nitrogens with one attached hydrogen (secondary N) is 3. The van der Waals surface area contributed by atoms with Crippen molar-refractivity contribution < 1.29 is 14.4 Å². The molecule has 9 heteroatoms. The van der Waals surface area contributed by atoms with Gasteiger partial charge in [-0.3, -0.25) is 15.1 Å². The van der Waals surface area contributed by atoms with Gasteiger partial charge in [-0.2, -0.15) is 5.48 Å². The highest BCUT2D eigenvalue weighted by Crippen LogP contribution is 2.32. The van der Waals surface area contributed by atoms with Gasteiger partial charge in [0, 0.05) is 37.5 Å². The van der Waals surface area contributed by atoms with E-state index in [1.807, 2.05) is 0 Å². The second-order valence-electron chi connectivity index (χ2n) is 8.76. The van der Waals surface area contributed by atoms with Crippen molar-refractivity contribution in [3.8, 4) is 0 Å². The molecular weight excluding hydrogens is 403 g/mol. The van der Waals surface area contributed by atoms with Crippen LogP contribution in [0.1, 0.15) is 45.4 Å². The Hall–Kier alpha value is -0.150. The topological polar surface area (TPSA) is 74.9 Å². The van der Waals surface area contributed by atoms with E-state index >= 15 is 0 Å². The minimum atomic E-state index is -0.313. The van der Waals surface area contributed by atoms with Crippen LogP contribution >= 0.6 is 23.2 Å². The number of carbonyl (C=O) groups excluding carboxylic acids is 1. The van der Waals surface area contributed by atoms with E-state index in [0.717, 1.165) is 51.8 Å². The predicted molar refractivity (Wildman–Crippen MR) is 108 cm³/mol. The van der Waals surface area contributed by atoms with Crippen LogP contribution in [-0.4, -0.2) is 71.7 Å². The normalized spacial score (nSPS) is 44.8. The standard InChI is InChI=1S/C19H32Cl2N4O3/c1-11-16(10-25(23-11)9-12-4-5-13(20)14(21)7-12)22-19(26)15-8-18(28-24-15)17-3-2-6-27-17/h11-18,23-24H,2-10H2,1H3,(H,22,26).